The highest BCUT2D eigenvalue weighted by Gasteiger charge is 2.36. The second-order valence-electron chi connectivity index (χ2n) is 6.83. The summed E-state index contributed by atoms with van der Waals surface area (Å²) in [5.41, 5.74) is 5.58. The van der Waals surface area contributed by atoms with Crippen LogP contribution in [-0.4, -0.2) is 46.3 Å². The van der Waals surface area contributed by atoms with E-state index in [0.29, 0.717) is 29.9 Å². The van der Waals surface area contributed by atoms with E-state index in [1.54, 1.807) is 24.1 Å². The Labute approximate surface area is 164 Å². The Balaban J connectivity index is 1.95. The Morgan fingerprint density at radius 3 is 2.62 bits per heavy atom. The molecule has 4 N–H and O–H groups in total. The summed E-state index contributed by atoms with van der Waals surface area (Å²) in [4.78, 5) is 14.3. The summed E-state index contributed by atoms with van der Waals surface area (Å²) in [6.45, 7) is 0.725. The topological polar surface area (TPSA) is 100 Å². The molecule has 0 saturated carbocycles. The molecule has 1 atom stereocenters. The van der Waals surface area contributed by atoms with Gasteiger partial charge in [0.05, 0.1) is 22.7 Å². The second kappa shape index (κ2) is 7.03. The number of hydrogen-bond donors (Lipinski definition) is 3. The van der Waals surface area contributed by atoms with Crippen LogP contribution >= 0.6 is 0 Å². The Kier molecular flexibility index (Phi) is 4.65. The van der Waals surface area contributed by atoms with Crippen molar-refractivity contribution in [2.75, 3.05) is 36.1 Å². The van der Waals surface area contributed by atoms with Gasteiger partial charge in [0.15, 0.2) is 5.65 Å². The van der Waals surface area contributed by atoms with Gasteiger partial charge in [-0.1, -0.05) is 6.07 Å². The molecule has 1 unspecified atom stereocenters. The van der Waals surface area contributed by atoms with E-state index in [1.165, 1.54) is 12.1 Å². The fourth-order valence-corrected chi connectivity index (χ4v) is 3.63. The highest BCUT2D eigenvalue weighted by Crippen LogP contribution is 2.43. The lowest BCUT2D eigenvalue weighted by Gasteiger charge is -2.24. The van der Waals surface area contributed by atoms with Gasteiger partial charge in [0.1, 0.15) is 5.82 Å². The third-order valence-corrected chi connectivity index (χ3v) is 4.92. The molecule has 1 aliphatic rings. The van der Waals surface area contributed by atoms with Crippen LogP contribution in [0.2, 0.25) is 0 Å². The van der Waals surface area contributed by atoms with Crippen molar-refractivity contribution in [2.45, 2.75) is 18.7 Å². The van der Waals surface area contributed by atoms with E-state index in [1.807, 2.05) is 0 Å². The van der Waals surface area contributed by atoms with Crippen molar-refractivity contribution in [2.24, 2.45) is 0 Å². The molecule has 0 aliphatic carbocycles. The van der Waals surface area contributed by atoms with Gasteiger partial charge in [0.2, 0.25) is 5.95 Å². The number of nitrogen functional groups attached to an aromatic ring is 1. The first-order valence-corrected chi connectivity index (χ1v) is 9.03. The number of pyridine rings is 1. The Hall–Kier alpha value is -3.14. The molecule has 152 valence electrons. The standard InChI is InChI=1S/C19H19F3N6O/c1-24-16-11-5-6-13(25-17(11)27-18(23)26-16)15-12(19(20,21)22)3-2-4-14(15)28-8-7-10(29)9-28/h2-6,10,29H,7-9H2,1H3,(H3,23,24,25,26,27). The van der Waals surface area contributed by atoms with Crippen molar-refractivity contribution >= 4 is 28.5 Å². The molecule has 3 heterocycles. The third kappa shape index (κ3) is 3.51. The maximum Gasteiger partial charge on any atom is 0.417 e. The molecule has 4 rings (SSSR count). The predicted octanol–water partition coefficient (Wildman–Crippen LogP) is 2.91. The highest BCUT2D eigenvalue weighted by atomic mass is 19.4. The number of rotatable bonds is 3. The first-order chi connectivity index (χ1) is 13.8. The van der Waals surface area contributed by atoms with Gasteiger partial charge in [0, 0.05) is 31.4 Å². The van der Waals surface area contributed by atoms with E-state index in [4.69, 9.17) is 5.73 Å². The lowest BCUT2D eigenvalue weighted by Crippen LogP contribution is -2.23. The molecular formula is C19H19F3N6O. The quantitative estimate of drug-likeness (QED) is 0.617. The van der Waals surface area contributed by atoms with Gasteiger partial charge < -0.3 is 21.1 Å². The number of aliphatic hydroxyl groups excluding tert-OH is 1. The number of benzene rings is 1. The summed E-state index contributed by atoms with van der Waals surface area (Å²) in [6.07, 6.45) is -4.65. The van der Waals surface area contributed by atoms with E-state index in [9.17, 15) is 18.3 Å². The van der Waals surface area contributed by atoms with Gasteiger partial charge >= 0.3 is 6.18 Å². The predicted molar refractivity (Wildman–Crippen MR) is 105 cm³/mol. The molecule has 1 fully saturated rings. The lowest BCUT2D eigenvalue weighted by atomic mass is 10.00. The number of β-amino-alcohol motifs (C(OH)–C–C–N with tert-alkyl or cyclic N) is 1. The van der Waals surface area contributed by atoms with Crippen molar-refractivity contribution < 1.29 is 18.3 Å². The summed E-state index contributed by atoms with van der Waals surface area (Å²) >= 11 is 0. The average molecular weight is 404 g/mol. The van der Waals surface area contributed by atoms with Crippen LogP contribution in [0.25, 0.3) is 22.3 Å². The number of nitrogens with zero attached hydrogens (tertiary/aromatic N) is 4. The molecule has 10 heteroatoms. The monoisotopic (exact) mass is 404 g/mol. The Bertz CT molecular complexity index is 1070. The number of halogens is 3. The van der Waals surface area contributed by atoms with Gasteiger partial charge in [-0.15, -0.1) is 0 Å². The lowest BCUT2D eigenvalue weighted by molar-refractivity contribution is -0.137. The smallest absolute Gasteiger partial charge is 0.391 e. The number of hydrogen-bond acceptors (Lipinski definition) is 7. The second-order valence-corrected chi connectivity index (χ2v) is 6.83. The number of fused-ring (bicyclic) bond motifs is 1. The van der Waals surface area contributed by atoms with Crippen molar-refractivity contribution in [3.05, 3.63) is 35.9 Å². The van der Waals surface area contributed by atoms with Crippen LogP contribution < -0.4 is 16.0 Å². The van der Waals surface area contributed by atoms with Crippen LogP contribution in [0, 0.1) is 0 Å². The maximum absolute atomic E-state index is 13.8. The van der Waals surface area contributed by atoms with Crippen LogP contribution in [0.15, 0.2) is 30.3 Å². The average Bonchev–Trinajstić information content (AvgIpc) is 3.11. The minimum Gasteiger partial charge on any atom is -0.391 e. The number of nitrogens with one attached hydrogen (secondary N) is 1. The molecule has 0 radical (unpaired) electrons. The summed E-state index contributed by atoms with van der Waals surface area (Å²) in [6, 6.07) is 7.15. The molecule has 0 spiro atoms. The highest BCUT2D eigenvalue weighted by molar-refractivity contribution is 5.90. The molecule has 2 aromatic heterocycles. The zero-order valence-corrected chi connectivity index (χ0v) is 15.5. The minimum atomic E-state index is -4.57. The minimum absolute atomic E-state index is 0.0292. The van der Waals surface area contributed by atoms with E-state index in [0.717, 1.165) is 6.07 Å². The van der Waals surface area contributed by atoms with E-state index in [2.05, 4.69) is 20.3 Å². The molecule has 3 aromatic rings. The molecule has 0 bridgehead atoms. The van der Waals surface area contributed by atoms with Crippen LogP contribution in [0.3, 0.4) is 0 Å². The van der Waals surface area contributed by atoms with Gasteiger partial charge in [-0.25, -0.2) is 4.98 Å². The van der Waals surface area contributed by atoms with Crippen LogP contribution in [0.4, 0.5) is 30.6 Å². The summed E-state index contributed by atoms with van der Waals surface area (Å²) in [7, 11) is 1.66. The zero-order valence-electron chi connectivity index (χ0n) is 15.5. The largest absolute Gasteiger partial charge is 0.417 e. The first-order valence-electron chi connectivity index (χ1n) is 9.03. The normalized spacial score (nSPS) is 17.1. The van der Waals surface area contributed by atoms with E-state index < -0.39 is 17.8 Å². The van der Waals surface area contributed by atoms with Gasteiger partial charge in [0.25, 0.3) is 0 Å². The molecule has 1 aromatic carbocycles. The fraction of sp³-hybridized carbons (Fsp3) is 0.316. The summed E-state index contributed by atoms with van der Waals surface area (Å²) < 4.78 is 41.5. The zero-order chi connectivity index (χ0) is 20.8. The number of nitrogens with two attached hydrogens (primary N) is 1. The van der Waals surface area contributed by atoms with Crippen molar-refractivity contribution in [3.63, 3.8) is 0 Å². The summed E-state index contributed by atoms with van der Waals surface area (Å²) in [5, 5.41) is 13.3. The SMILES string of the molecule is CNc1nc(N)nc2nc(-c3c(N4CCC(O)C4)cccc3C(F)(F)F)ccc12. The van der Waals surface area contributed by atoms with Crippen molar-refractivity contribution in [1.29, 1.82) is 0 Å². The Morgan fingerprint density at radius 2 is 1.97 bits per heavy atom. The fourth-order valence-electron chi connectivity index (χ4n) is 3.63. The Morgan fingerprint density at radius 1 is 1.17 bits per heavy atom. The van der Waals surface area contributed by atoms with E-state index >= 15 is 0 Å². The molecule has 0 amide bonds. The number of anilines is 3. The van der Waals surface area contributed by atoms with Crippen LogP contribution in [-0.2, 0) is 6.18 Å². The van der Waals surface area contributed by atoms with Gasteiger partial charge in [-0.2, -0.15) is 23.1 Å². The van der Waals surface area contributed by atoms with E-state index in [-0.39, 0.29) is 29.4 Å². The van der Waals surface area contributed by atoms with Gasteiger partial charge in [-0.3, -0.25) is 0 Å². The van der Waals surface area contributed by atoms with Crippen molar-refractivity contribution in [3.8, 4) is 11.3 Å². The van der Waals surface area contributed by atoms with Gasteiger partial charge in [-0.05, 0) is 30.7 Å². The van der Waals surface area contributed by atoms with Crippen molar-refractivity contribution in [1.82, 2.24) is 15.0 Å². The molecular weight excluding hydrogens is 385 g/mol. The molecule has 1 saturated heterocycles. The summed E-state index contributed by atoms with van der Waals surface area (Å²) in [5.74, 6) is 0.414. The third-order valence-electron chi connectivity index (χ3n) is 4.92. The molecule has 7 nitrogen and oxygen atoms in total. The number of aromatic nitrogens is 3. The maximum atomic E-state index is 13.8. The first kappa shape index (κ1) is 19.2. The number of aliphatic hydroxyl groups is 1. The number of alkyl halides is 3. The van der Waals surface area contributed by atoms with Crippen LogP contribution in [0.1, 0.15) is 12.0 Å². The molecule has 29 heavy (non-hydrogen) atoms. The molecule has 1 aliphatic heterocycles. The van der Waals surface area contributed by atoms with Crippen LogP contribution in [0.5, 0.6) is 0 Å².